The molecule has 2 aromatic carbocycles. The third-order valence-electron chi connectivity index (χ3n) is 4.88. The predicted octanol–water partition coefficient (Wildman–Crippen LogP) is 3.10. The molecule has 0 aliphatic carbocycles. The highest BCUT2D eigenvalue weighted by atomic mass is 16.1. The fraction of sp³-hybridized carbons (Fsp3) is 0.300. The number of hydrogen-bond acceptors (Lipinski definition) is 3. The fourth-order valence-electron chi connectivity index (χ4n) is 3.51. The zero-order valence-corrected chi connectivity index (χ0v) is 14.4. The summed E-state index contributed by atoms with van der Waals surface area (Å²) < 4.78 is 2.03. The number of imidazole rings is 1. The minimum absolute atomic E-state index is 0.0467. The number of aromatic nitrogens is 2. The Balaban J connectivity index is 1.53. The lowest BCUT2D eigenvalue weighted by molar-refractivity contribution is 0.0950. The number of aryl methyl sites for hydroxylation is 1. The first-order valence-electron chi connectivity index (χ1n) is 8.76. The molecule has 0 spiro atoms. The van der Waals surface area contributed by atoms with E-state index in [2.05, 4.69) is 15.2 Å². The molecule has 1 aromatic heterocycles. The second-order valence-corrected chi connectivity index (χ2v) is 6.47. The number of benzene rings is 2. The zero-order chi connectivity index (χ0) is 17.2. The van der Waals surface area contributed by atoms with Crippen LogP contribution in [-0.4, -0.2) is 28.5 Å². The van der Waals surface area contributed by atoms with Crippen molar-refractivity contribution in [3.05, 3.63) is 59.9 Å². The van der Waals surface area contributed by atoms with Gasteiger partial charge in [-0.2, -0.15) is 0 Å². The summed E-state index contributed by atoms with van der Waals surface area (Å²) in [7, 11) is 1.98. The molecule has 4 rings (SSSR count). The number of carbonyl (C=O) groups excluding carboxylic acids is 1. The molecule has 0 bridgehead atoms. The highest BCUT2D eigenvalue weighted by Crippen LogP contribution is 2.24. The molecule has 5 heteroatoms. The maximum Gasteiger partial charge on any atom is 0.253 e. The molecule has 2 heterocycles. The molecule has 0 atom stereocenters. The summed E-state index contributed by atoms with van der Waals surface area (Å²) >= 11 is 0. The average molecular weight is 334 g/mol. The molecule has 5 nitrogen and oxygen atoms in total. The number of carbonyl (C=O) groups is 1. The van der Waals surface area contributed by atoms with Gasteiger partial charge in [-0.15, -0.1) is 0 Å². The van der Waals surface area contributed by atoms with Crippen LogP contribution in [0, 0.1) is 0 Å². The molecular weight excluding hydrogens is 312 g/mol. The normalized spacial score (nSPS) is 14.2. The highest BCUT2D eigenvalue weighted by Gasteiger charge is 2.19. The summed E-state index contributed by atoms with van der Waals surface area (Å²) in [5.41, 5.74) is 3.79. The largest absolute Gasteiger partial charge is 0.371 e. The van der Waals surface area contributed by atoms with Crippen molar-refractivity contribution in [1.82, 2.24) is 14.9 Å². The summed E-state index contributed by atoms with van der Waals surface area (Å²) in [6.45, 7) is 2.46. The van der Waals surface area contributed by atoms with E-state index < -0.39 is 0 Å². The van der Waals surface area contributed by atoms with E-state index in [9.17, 15) is 4.79 Å². The second-order valence-electron chi connectivity index (χ2n) is 6.47. The number of nitrogens with one attached hydrogen (secondary N) is 1. The van der Waals surface area contributed by atoms with Gasteiger partial charge in [0.15, 0.2) is 0 Å². The van der Waals surface area contributed by atoms with Gasteiger partial charge in [0.2, 0.25) is 0 Å². The van der Waals surface area contributed by atoms with Gasteiger partial charge in [-0.05, 0) is 37.1 Å². The molecule has 1 saturated heterocycles. The van der Waals surface area contributed by atoms with Crippen LogP contribution >= 0.6 is 0 Å². The molecule has 25 heavy (non-hydrogen) atoms. The van der Waals surface area contributed by atoms with E-state index in [4.69, 9.17) is 0 Å². The molecule has 1 amide bonds. The average Bonchev–Trinajstić information content (AvgIpc) is 3.29. The maximum absolute atomic E-state index is 12.7. The van der Waals surface area contributed by atoms with Crippen LogP contribution in [-0.2, 0) is 13.6 Å². The van der Waals surface area contributed by atoms with Crippen LogP contribution in [0.2, 0.25) is 0 Å². The van der Waals surface area contributed by atoms with Crippen molar-refractivity contribution in [2.45, 2.75) is 19.4 Å². The van der Waals surface area contributed by atoms with Crippen LogP contribution in [0.5, 0.6) is 0 Å². The first-order chi connectivity index (χ1) is 12.2. The minimum atomic E-state index is -0.0467. The summed E-state index contributed by atoms with van der Waals surface area (Å²) in [5, 5.41) is 3.03. The molecule has 0 radical (unpaired) electrons. The van der Waals surface area contributed by atoms with Crippen LogP contribution in [0.15, 0.2) is 48.5 Å². The van der Waals surface area contributed by atoms with Crippen molar-refractivity contribution in [2.24, 2.45) is 7.05 Å². The summed E-state index contributed by atoms with van der Waals surface area (Å²) in [4.78, 5) is 19.7. The molecule has 1 N–H and O–H groups in total. The summed E-state index contributed by atoms with van der Waals surface area (Å²) in [5.74, 6) is 0.808. The topological polar surface area (TPSA) is 50.2 Å². The lowest BCUT2D eigenvalue weighted by Crippen LogP contribution is -2.28. The van der Waals surface area contributed by atoms with E-state index in [0.717, 1.165) is 41.2 Å². The summed E-state index contributed by atoms with van der Waals surface area (Å²) in [6.07, 6.45) is 2.38. The molecule has 0 unspecified atom stereocenters. The zero-order valence-electron chi connectivity index (χ0n) is 14.4. The Hall–Kier alpha value is -2.82. The molecular formula is C20H22N4O. The van der Waals surface area contributed by atoms with E-state index in [0.29, 0.717) is 6.54 Å². The minimum Gasteiger partial charge on any atom is -0.371 e. The van der Waals surface area contributed by atoms with Gasteiger partial charge in [-0.1, -0.05) is 24.3 Å². The molecule has 1 aliphatic rings. The summed E-state index contributed by atoms with van der Waals surface area (Å²) in [6, 6.07) is 15.9. The Labute approximate surface area is 147 Å². The first-order valence-corrected chi connectivity index (χ1v) is 8.76. The van der Waals surface area contributed by atoms with Crippen molar-refractivity contribution in [2.75, 3.05) is 18.0 Å². The van der Waals surface area contributed by atoms with Crippen LogP contribution in [0.3, 0.4) is 0 Å². The van der Waals surface area contributed by atoms with Crippen molar-refractivity contribution in [3.63, 3.8) is 0 Å². The molecule has 3 aromatic rings. The van der Waals surface area contributed by atoms with E-state index in [-0.39, 0.29) is 5.91 Å². The monoisotopic (exact) mass is 334 g/mol. The Kier molecular flexibility index (Phi) is 4.14. The van der Waals surface area contributed by atoms with Crippen molar-refractivity contribution in [1.29, 1.82) is 0 Å². The predicted molar refractivity (Wildman–Crippen MR) is 99.8 cm³/mol. The van der Waals surface area contributed by atoms with Crippen LogP contribution in [0.25, 0.3) is 11.0 Å². The number of hydrogen-bond donors (Lipinski definition) is 1. The van der Waals surface area contributed by atoms with Crippen molar-refractivity contribution >= 4 is 22.6 Å². The van der Waals surface area contributed by atoms with Gasteiger partial charge >= 0.3 is 0 Å². The number of para-hydroxylation sites is 3. The lowest BCUT2D eigenvalue weighted by Gasteiger charge is -2.20. The number of nitrogens with zero attached hydrogens (tertiary/aromatic N) is 3. The van der Waals surface area contributed by atoms with Gasteiger partial charge in [-0.25, -0.2) is 4.98 Å². The third-order valence-corrected chi connectivity index (χ3v) is 4.88. The van der Waals surface area contributed by atoms with Crippen LogP contribution in [0.1, 0.15) is 29.0 Å². The van der Waals surface area contributed by atoms with Gasteiger partial charge in [0, 0.05) is 25.8 Å². The highest BCUT2D eigenvalue weighted by molar-refractivity contribution is 5.99. The smallest absolute Gasteiger partial charge is 0.253 e. The second kappa shape index (κ2) is 6.59. The maximum atomic E-state index is 12.7. The van der Waals surface area contributed by atoms with E-state index in [1.54, 1.807) is 0 Å². The van der Waals surface area contributed by atoms with Crippen molar-refractivity contribution < 1.29 is 4.79 Å². The molecule has 0 saturated carbocycles. The molecule has 1 fully saturated rings. The van der Waals surface area contributed by atoms with Gasteiger partial charge in [0.05, 0.1) is 23.1 Å². The number of rotatable bonds is 4. The standard InChI is InChI=1S/C20H22N4O/c1-23-18-11-5-3-9-16(18)22-19(23)14-21-20(25)15-8-2-4-10-17(15)24-12-6-7-13-24/h2-5,8-11H,6-7,12-14H2,1H3,(H,21,25). The van der Waals surface area contributed by atoms with Gasteiger partial charge in [0.1, 0.15) is 5.82 Å². The lowest BCUT2D eigenvalue weighted by atomic mass is 10.1. The number of amides is 1. The van der Waals surface area contributed by atoms with Crippen LogP contribution in [0.4, 0.5) is 5.69 Å². The van der Waals surface area contributed by atoms with E-state index in [1.165, 1.54) is 12.8 Å². The quantitative estimate of drug-likeness (QED) is 0.798. The van der Waals surface area contributed by atoms with E-state index in [1.807, 2.05) is 60.1 Å². The SMILES string of the molecule is Cn1c(CNC(=O)c2ccccc2N2CCCC2)nc2ccccc21. The van der Waals surface area contributed by atoms with Gasteiger partial charge in [-0.3, -0.25) is 4.79 Å². The molecule has 128 valence electrons. The third kappa shape index (κ3) is 2.97. The van der Waals surface area contributed by atoms with Gasteiger partial charge in [0.25, 0.3) is 5.91 Å². The Morgan fingerprint density at radius 2 is 1.80 bits per heavy atom. The first kappa shape index (κ1) is 15.7. The molecule has 1 aliphatic heterocycles. The van der Waals surface area contributed by atoms with Gasteiger partial charge < -0.3 is 14.8 Å². The Bertz CT molecular complexity index is 909. The van der Waals surface area contributed by atoms with Crippen LogP contribution < -0.4 is 10.2 Å². The number of fused-ring (bicyclic) bond motifs is 1. The van der Waals surface area contributed by atoms with Crippen molar-refractivity contribution in [3.8, 4) is 0 Å². The Morgan fingerprint density at radius 1 is 1.08 bits per heavy atom. The fourth-order valence-corrected chi connectivity index (χ4v) is 3.51. The number of anilines is 1. The Morgan fingerprint density at radius 3 is 2.60 bits per heavy atom. The van der Waals surface area contributed by atoms with E-state index >= 15 is 0 Å².